The summed E-state index contributed by atoms with van der Waals surface area (Å²) < 4.78 is 48.3. The van der Waals surface area contributed by atoms with Crippen molar-refractivity contribution in [3.05, 3.63) is 58.6 Å². The first kappa shape index (κ1) is 28.6. The Morgan fingerprint density at radius 2 is 1.61 bits per heavy atom. The molecule has 0 saturated carbocycles. The lowest BCUT2D eigenvalue weighted by molar-refractivity contribution is -0.147. The number of benzene rings is 2. The van der Waals surface area contributed by atoms with Gasteiger partial charge in [-0.1, -0.05) is 18.5 Å². The molecular formula is C24H24ClF3N2O6. The van der Waals surface area contributed by atoms with Gasteiger partial charge in [-0.05, 0) is 55.3 Å². The predicted octanol–water partition coefficient (Wildman–Crippen LogP) is 5.22. The molecule has 12 heteroatoms. The fourth-order valence-electron chi connectivity index (χ4n) is 2.79. The summed E-state index contributed by atoms with van der Waals surface area (Å²) >= 11 is 5.83. The molecule has 2 rings (SSSR count). The Bertz CT molecular complexity index is 1090. The monoisotopic (exact) mass is 528 g/mol. The van der Waals surface area contributed by atoms with Gasteiger partial charge in [-0.25, -0.2) is 4.79 Å². The fraction of sp³-hybridized carbons (Fsp3) is 0.333. The maximum atomic E-state index is 12.8. The molecule has 2 amide bonds. The van der Waals surface area contributed by atoms with Crippen molar-refractivity contribution in [2.45, 2.75) is 38.8 Å². The summed E-state index contributed by atoms with van der Waals surface area (Å²) in [6, 6.07) is 8.50. The molecule has 0 aromatic heterocycles. The molecule has 0 bridgehead atoms. The van der Waals surface area contributed by atoms with Crippen LogP contribution in [0.15, 0.2) is 42.5 Å². The van der Waals surface area contributed by atoms with Gasteiger partial charge in [0.25, 0.3) is 5.91 Å². The molecule has 0 unspecified atom stereocenters. The number of anilines is 2. The Labute approximate surface area is 210 Å². The molecule has 0 saturated heterocycles. The lowest BCUT2D eigenvalue weighted by Crippen LogP contribution is -2.21. The van der Waals surface area contributed by atoms with Gasteiger partial charge in [0.15, 0.2) is 6.61 Å². The van der Waals surface area contributed by atoms with Crippen LogP contribution >= 0.6 is 11.6 Å². The molecule has 36 heavy (non-hydrogen) atoms. The third-order valence-electron chi connectivity index (χ3n) is 4.56. The fourth-order valence-corrected chi connectivity index (χ4v) is 2.95. The van der Waals surface area contributed by atoms with Crippen LogP contribution in [0.3, 0.4) is 0 Å². The molecule has 0 aliphatic heterocycles. The standard InChI is InChI=1S/C24H24ClF3N2O6/c1-2-12-35-23(34)15-6-9-17(10-7-15)29-21(32)14-36-22(33)5-3-4-20(31)30-19-13-16(24(26,27)28)8-11-18(19)25/h6-11,13H,2-5,12,14H2,1H3,(H,29,32)(H,30,31). The number of alkyl halides is 3. The number of esters is 2. The molecule has 0 radical (unpaired) electrons. The molecule has 0 aliphatic carbocycles. The Hall–Kier alpha value is -3.60. The average molecular weight is 529 g/mol. The van der Waals surface area contributed by atoms with E-state index in [1.54, 1.807) is 0 Å². The molecular weight excluding hydrogens is 505 g/mol. The summed E-state index contributed by atoms with van der Waals surface area (Å²) in [5.74, 6) is -2.45. The molecule has 194 valence electrons. The van der Waals surface area contributed by atoms with Crippen LogP contribution < -0.4 is 10.6 Å². The second-order valence-corrected chi connectivity index (χ2v) is 7.92. The topological polar surface area (TPSA) is 111 Å². The number of carbonyl (C=O) groups is 4. The smallest absolute Gasteiger partial charge is 0.416 e. The molecule has 0 atom stereocenters. The van der Waals surface area contributed by atoms with E-state index in [2.05, 4.69) is 10.6 Å². The molecule has 0 fully saturated rings. The largest absolute Gasteiger partial charge is 0.462 e. The van der Waals surface area contributed by atoms with E-state index in [0.717, 1.165) is 18.2 Å². The van der Waals surface area contributed by atoms with Crippen molar-refractivity contribution in [1.29, 1.82) is 0 Å². The Morgan fingerprint density at radius 1 is 0.917 bits per heavy atom. The van der Waals surface area contributed by atoms with E-state index < -0.39 is 42.1 Å². The normalized spacial score (nSPS) is 10.9. The van der Waals surface area contributed by atoms with Gasteiger partial charge in [0.2, 0.25) is 5.91 Å². The summed E-state index contributed by atoms with van der Waals surface area (Å²) in [5, 5.41) is 4.72. The minimum Gasteiger partial charge on any atom is -0.462 e. The summed E-state index contributed by atoms with van der Waals surface area (Å²) in [6.45, 7) is 1.61. The number of ether oxygens (including phenoxy) is 2. The van der Waals surface area contributed by atoms with E-state index >= 15 is 0 Å². The number of rotatable bonds is 11. The van der Waals surface area contributed by atoms with E-state index in [-0.39, 0.29) is 30.0 Å². The molecule has 2 aromatic carbocycles. The minimum absolute atomic E-state index is 0.0401. The number of hydrogen-bond donors (Lipinski definition) is 2. The van der Waals surface area contributed by atoms with Gasteiger partial charge in [0, 0.05) is 18.5 Å². The molecule has 2 N–H and O–H groups in total. The third kappa shape index (κ3) is 9.57. The van der Waals surface area contributed by atoms with Crippen molar-refractivity contribution in [3.8, 4) is 0 Å². The minimum atomic E-state index is -4.59. The third-order valence-corrected chi connectivity index (χ3v) is 4.89. The highest BCUT2D eigenvalue weighted by atomic mass is 35.5. The van der Waals surface area contributed by atoms with Gasteiger partial charge < -0.3 is 20.1 Å². The van der Waals surface area contributed by atoms with Crippen LogP contribution in [0.5, 0.6) is 0 Å². The van der Waals surface area contributed by atoms with Crippen LogP contribution in [0, 0.1) is 0 Å². The van der Waals surface area contributed by atoms with Gasteiger partial charge in [-0.3, -0.25) is 14.4 Å². The summed E-state index contributed by atoms with van der Waals surface area (Å²) in [7, 11) is 0. The van der Waals surface area contributed by atoms with Gasteiger partial charge in [0.05, 0.1) is 28.4 Å². The van der Waals surface area contributed by atoms with Crippen LogP contribution in [-0.4, -0.2) is 37.0 Å². The van der Waals surface area contributed by atoms with Crippen molar-refractivity contribution >= 4 is 46.7 Å². The van der Waals surface area contributed by atoms with Gasteiger partial charge >= 0.3 is 18.1 Å². The lowest BCUT2D eigenvalue weighted by Gasteiger charge is -2.11. The van der Waals surface area contributed by atoms with E-state index in [4.69, 9.17) is 21.1 Å². The maximum Gasteiger partial charge on any atom is 0.416 e. The first-order valence-electron chi connectivity index (χ1n) is 10.9. The number of amides is 2. The highest BCUT2D eigenvalue weighted by molar-refractivity contribution is 6.33. The number of hydrogen-bond acceptors (Lipinski definition) is 6. The number of carbonyl (C=O) groups excluding carboxylic acids is 4. The molecule has 2 aromatic rings. The number of nitrogens with one attached hydrogen (secondary N) is 2. The van der Waals surface area contributed by atoms with E-state index in [0.29, 0.717) is 24.3 Å². The van der Waals surface area contributed by atoms with Crippen LogP contribution in [-0.2, 0) is 30.0 Å². The number of halogens is 4. The van der Waals surface area contributed by atoms with Crippen LogP contribution in [0.2, 0.25) is 5.02 Å². The van der Waals surface area contributed by atoms with Gasteiger partial charge in [-0.15, -0.1) is 0 Å². The van der Waals surface area contributed by atoms with Crippen molar-refractivity contribution in [2.75, 3.05) is 23.8 Å². The van der Waals surface area contributed by atoms with Crippen LogP contribution in [0.4, 0.5) is 24.5 Å². The Morgan fingerprint density at radius 3 is 2.25 bits per heavy atom. The summed E-state index contributed by atoms with van der Waals surface area (Å²) in [6.07, 6.45) is -4.22. The maximum absolute atomic E-state index is 12.8. The molecule has 0 heterocycles. The van der Waals surface area contributed by atoms with Crippen molar-refractivity contribution in [2.24, 2.45) is 0 Å². The second kappa shape index (κ2) is 13.5. The highest BCUT2D eigenvalue weighted by Gasteiger charge is 2.31. The molecule has 8 nitrogen and oxygen atoms in total. The zero-order chi connectivity index (χ0) is 26.7. The SMILES string of the molecule is CCCOC(=O)c1ccc(NC(=O)COC(=O)CCCC(=O)Nc2cc(C(F)(F)F)ccc2Cl)cc1. The van der Waals surface area contributed by atoms with Crippen molar-refractivity contribution < 1.29 is 41.8 Å². The Kier molecular flexibility index (Phi) is 10.7. The molecule has 0 aliphatic rings. The first-order chi connectivity index (χ1) is 17.0. The predicted molar refractivity (Wildman–Crippen MR) is 126 cm³/mol. The van der Waals surface area contributed by atoms with Crippen molar-refractivity contribution in [3.63, 3.8) is 0 Å². The zero-order valence-electron chi connectivity index (χ0n) is 19.2. The highest BCUT2D eigenvalue weighted by Crippen LogP contribution is 2.33. The second-order valence-electron chi connectivity index (χ2n) is 7.52. The van der Waals surface area contributed by atoms with E-state index in [1.165, 1.54) is 24.3 Å². The van der Waals surface area contributed by atoms with Crippen LogP contribution in [0.1, 0.15) is 48.5 Å². The Balaban J connectivity index is 1.71. The summed E-state index contributed by atoms with van der Waals surface area (Å²) in [4.78, 5) is 47.5. The zero-order valence-corrected chi connectivity index (χ0v) is 20.0. The van der Waals surface area contributed by atoms with Crippen molar-refractivity contribution in [1.82, 2.24) is 0 Å². The van der Waals surface area contributed by atoms with E-state index in [9.17, 15) is 32.3 Å². The van der Waals surface area contributed by atoms with E-state index in [1.807, 2.05) is 6.92 Å². The van der Waals surface area contributed by atoms with Gasteiger partial charge in [0.1, 0.15) is 0 Å². The average Bonchev–Trinajstić information content (AvgIpc) is 2.82. The summed E-state index contributed by atoms with van der Waals surface area (Å²) in [5.41, 5.74) is -0.448. The quantitative estimate of drug-likeness (QED) is 0.387. The first-order valence-corrected chi connectivity index (χ1v) is 11.3. The molecule has 0 spiro atoms. The lowest BCUT2D eigenvalue weighted by atomic mass is 10.2. The van der Waals surface area contributed by atoms with Crippen LogP contribution in [0.25, 0.3) is 0 Å². The van der Waals surface area contributed by atoms with Gasteiger partial charge in [-0.2, -0.15) is 13.2 Å².